The fourth-order valence-electron chi connectivity index (χ4n) is 8.47. The van der Waals surface area contributed by atoms with E-state index in [-0.39, 0.29) is 11.3 Å². The number of rotatable bonds is 4. The van der Waals surface area contributed by atoms with Gasteiger partial charge >= 0.3 is 0 Å². The minimum atomic E-state index is -0.0542. The van der Waals surface area contributed by atoms with Crippen LogP contribution in [0.1, 0.15) is 91.9 Å². The third-order valence-electron chi connectivity index (χ3n) is 9.80. The monoisotopic (exact) mass is 384 g/mol. The second kappa shape index (κ2) is 7.40. The zero-order valence-electron chi connectivity index (χ0n) is 18.5. The Labute approximate surface area is 171 Å². The third kappa shape index (κ3) is 3.05. The molecule has 0 aromatic rings. The average molecular weight is 385 g/mol. The molecule has 3 unspecified atom stereocenters. The first-order valence-electron chi connectivity index (χ1n) is 12.0. The van der Waals surface area contributed by atoms with Crippen molar-refractivity contribution >= 4 is 11.6 Å². The first-order chi connectivity index (χ1) is 13.3. The van der Waals surface area contributed by atoms with Gasteiger partial charge in [-0.15, -0.1) is 0 Å². The molecular formula is C26H40O2. The van der Waals surface area contributed by atoms with Crippen molar-refractivity contribution in [2.45, 2.75) is 91.9 Å². The Kier molecular flexibility index (Phi) is 5.38. The summed E-state index contributed by atoms with van der Waals surface area (Å²) >= 11 is 0. The Hall–Kier alpha value is -0.920. The molecule has 0 heterocycles. The molecule has 0 aliphatic heterocycles. The lowest BCUT2D eigenvalue weighted by atomic mass is 9.44. The van der Waals surface area contributed by atoms with Crippen molar-refractivity contribution in [3.05, 3.63) is 12.2 Å². The van der Waals surface area contributed by atoms with E-state index in [0.717, 1.165) is 18.8 Å². The SMILES string of the molecule is CCC/C=C/[C@@H](C)[C@H]1CCC2C3CC(=O)[C@H]4CCC(=O)C[C@]4(C)C3CC[C@@]21C. The number of carbonyl (C=O) groups is 2. The highest BCUT2D eigenvalue weighted by Crippen LogP contribution is 2.67. The minimum absolute atomic E-state index is 0.0542. The van der Waals surface area contributed by atoms with E-state index in [1.807, 2.05) is 0 Å². The second-order valence-corrected chi connectivity index (χ2v) is 11.2. The van der Waals surface area contributed by atoms with E-state index in [1.54, 1.807) is 0 Å². The lowest BCUT2D eigenvalue weighted by Gasteiger charge is -2.59. The maximum atomic E-state index is 13.2. The summed E-state index contributed by atoms with van der Waals surface area (Å²) in [7, 11) is 0. The van der Waals surface area contributed by atoms with Gasteiger partial charge in [-0.1, -0.05) is 46.3 Å². The summed E-state index contributed by atoms with van der Waals surface area (Å²) in [5, 5.41) is 0. The van der Waals surface area contributed by atoms with Crippen molar-refractivity contribution in [1.29, 1.82) is 0 Å². The molecule has 4 saturated carbocycles. The molecule has 4 aliphatic carbocycles. The van der Waals surface area contributed by atoms with Crippen LogP contribution in [0.3, 0.4) is 0 Å². The summed E-state index contributed by atoms with van der Waals surface area (Å²) in [5.41, 5.74) is 0.320. The molecule has 28 heavy (non-hydrogen) atoms. The van der Waals surface area contributed by atoms with Crippen LogP contribution in [0.5, 0.6) is 0 Å². The standard InChI is InChI=1S/C26H40O2/c1-5-6-7-8-17(2)20-11-12-21-19-15-24(28)23-10-9-18(27)16-26(23,4)22(19)13-14-25(20,21)3/h7-8,17,19-23H,5-6,9-16H2,1-4H3/b8-7+/t17-,19?,20-,21?,22?,23-,25-,26-/m1/s1. The van der Waals surface area contributed by atoms with E-state index < -0.39 is 0 Å². The van der Waals surface area contributed by atoms with Crippen LogP contribution >= 0.6 is 0 Å². The second-order valence-electron chi connectivity index (χ2n) is 11.2. The highest BCUT2D eigenvalue weighted by Gasteiger charge is 2.62. The summed E-state index contributed by atoms with van der Waals surface area (Å²) in [5.74, 6) is 4.22. The number of unbranched alkanes of at least 4 members (excludes halogenated alkanes) is 1. The van der Waals surface area contributed by atoms with Crippen LogP contribution < -0.4 is 0 Å². The molecule has 0 radical (unpaired) electrons. The molecule has 0 aromatic heterocycles. The molecule has 156 valence electrons. The molecule has 2 heteroatoms. The van der Waals surface area contributed by atoms with Gasteiger partial charge in [-0.05, 0) is 78.9 Å². The molecule has 0 aromatic carbocycles. The van der Waals surface area contributed by atoms with Gasteiger partial charge in [-0.25, -0.2) is 0 Å². The summed E-state index contributed by atoms with van der Waals surface area (Å²) in [6.45, 7) is 9.50. The highest BCUT2D eigenvalue weighted by atomic mass is 16.1. The van der Waals surface area contributed by atoms with Crippen LogP contribution in [0, 0.1) is 46.3 Å². The van der Waals surface area contributed by atoms with Gasteiger partial charge in [-0.2, -0.15) is 0 Å². The molecule has 4 rings (SSSR count). The van der Waals surface area contributed by atoms with Gasteiger partial charge in [0.2, 0.25) is 0 Å². The van der Waals surface area contributed by atoms with Crippen LogP contribution in [0.2, 0.25) is 0 Å². The Morgan fingerprint density at radius 3 is 2.57 bits per heavy atom. The summed E-state index contributed by atoms with van der Waals surface area (Å²) in [4.78, 5) is 25.5. The van der Waals surface area contributed by atoms with Crippen LogP contribution in [-0.4, -0.2) is 11.6 Å². The van der Waals surface area contributed by atoms with Crippen molar-refractivity contribution in [3.63, 3.8) is 0 Å². The average Bonchev–Trinajstić information content (AvgIpc) is 2.99. The number of hydrogen-bond acceptors (Lipinski definition) is 2. The molecule has 8 atom stereocenters. The molecule has 0 spiro atoms. The van der Waals surface area contributed by atoms with E-state index in [4.69, 9.17) is 0 Å². The Bertz CT molecular complexity index is 663. The lowest BCUT2D eigenvalue weighted by Crippen LogP contribution is -2.57. The largest absolute Gasteiger partial charge is 0.300 e. The maximum absolute atomic E-state index is 13.2. The smallest absolute Gasteiger partial charge is 0.136 e. The van der Waals surface area contributed by atoms with Gasteiger partial charge in [-0.3, -0.25) is 9.59 Å². The van der Waals surface area contributed by atoms with Gasteiger partial charge < -0.3 is 0 Å². The first-order valence-corrected chi connectivity index (χ1v) is 12.0. The summed E-state index contributed by atoms with van der Waals surface area (Å²) in [6, 6.07) is 0. The zero-order chi connectivity index (χ0) is 20.1. The van der Waals surface area contributed by atoms with E-state index in [0.29, 0.717) is 53.5 Å². The van der Waals surface area contributed by atoms with Crippen LogP contribution in [0.15, 0.2) is 12.2 Å². The summed E-state index contributed by atoms with van der Waals surface area (Å²) < 4.78 is 0. The van der Waals surface area contributed by atoms with Crippen molar-refractivity contribution in [2.24, 2.45) is 46.3 Å². The summed E-state index contributed by atoms with van der Waals surface area (Å²) in [6.07, 6.45) is 15.3. The van der Waals surface area contributed by atoms with Crippen molar-refractivity contribution < 1.29 is 9.59 Å². The fraction of sp³-hybridized carbons (Fsp3) is 0.846. The number of hydrogen-bond donors (Lipinski definition) is 0. The van der Waals surface area contributed by atoms with E-state index in [2.05, 4.69) is 39.8 Å². The Morgan fingerprint density at radius 1 is 1.07 bits per heavy atom. The minimum Gasteiger partial charge on any atom is -0.300 e. The highest BCUT2D eigenvalue weighted by molar-refractivity contribution is 5.88. The maximum Gasteiger partial charge on any atom is 0.136 e. The number of carbonyl (C=O) groups excluding carboxylic acids is 2. The van der Waals surface area contributed by atoms with Gasteiger partial charge in [0.05, 0.1) is 0 Å². The first kappa shape index (κ1) is 20.4. The molecule has 0 amide bonds. The number of fused-ring (bicyclic) bond motifs is 5. The predicted molar refractivity (Wildman–Crippen MR) is 114 cm³/mol. The fourth-order valence-corrected chi connectivity index (χ4v) is 8.47. The van der Waals surface area contributed by atoms with E-state index >= 15 is 0 Å². The van der Waals surface area contributed by atoms with Crippen LogP contribution in [-0.2, 0) is 9.59 Å². The zero-order valence-corrected chi connectivity index (χ0v) is 18.5. The Morgan fingerprint density at radius 2 is 1.82 bits per heavy atom. The van der Waals surface area contributed by atoms with Crippen molar-refractivity contribution in [3.8, 4) is 0 Å². The predicted octanol–water partition coefficient (Wildman–Crippen LogP) is 6.39. The molecular weight excluding hydrogens is 344 g/mol. The van der Waals surface area contributed by atoms with Gasteiger partial charge in [0.25, 0.3) is 0 Å². The van der Waals surface area contributed by atoms with Gasteiger partial charge in [0.1, 0.15) is 11.6 Å². The molecule has 4 aliphatic rings. The molecule has 0 bridgehead atoms. The van der Waals surface area contributed by atoms with E-state index in [9.17, 15) is 9.59 Å². The number of ketones is 2. The third-order valence-corrected chi connectivity index (χ3v) is 9.80. The van der Waals surface area contributed by atoms with Crippen LogP contribution in [0.25, 0.3) is 0 Å². The topological polar surface area (TPSA) is 34.1 Å². The quantitative estimate of drug-likeness (QED) is 0.527. The number of allylic oxidation sites excluding steroid dienone is 2. The molecule has 0 saturated heterocycles. The molecule has 0 N–H and O–H groups in total. The molecule has 4 fully saturated rings. The van der Waals surface area contributed by atoms with Gasteiger partial charge in [0, 0.05) is 25.2 Å². The number of Topliss-reactive ketones (excluding diaryl/α,β-unsaturated/α-hetero) is 2. The van der Waals surface area contributed by atoms with Crippen LogP contribution in [0.4, 0.5) is 0 Å². The van der Waals surface area contributed by atoms with Crippen molar-refractivity contribution in [1.82, 2.24) is 0 Å². The van der Waals surface area contributed by atoms with E-state index in [1.165, 1.54) is 38.5 Å². The van der Waals surface area contributed by atoms with Crippen molar-refractivity contribution in [2.75, 3.05) is 0 Å². The molecule has 2 nitrogen and oxygen atoms in total. The van der Waals surface area contributed by atoms with Gasteiger partial charge in [0.15, 0.2) is 0 Å². The normalized spacial score (nSPS) is 46.9. The Balaban J connectivity index is 1.58. The lowest BCUT2D eigenvalue weighted by molar-refractivity contribution is -0.158.